The third-order valence-electron chi connectivity index (χ3n) is 0.504. The van der Waals surface area contributed by atoms with E-state index >= 15 is 0 Å². The minimum absolute atomic E-state index is 0. The van der Waals surface area contributed by atoms with E-state index in [-0.39, 0.29) is 19.0 Å². The molecule has 60 valence electrons. The van der Waals surface area contributed by atoms with Crippen LogP contribution in [0.2, 0.25) is 0 Å². The van der Waals surface area contributed by atoms with Crippen LogP contribution in [-0.4, -0.2) is 19.8 Å². The lowest BCUT2D eigenvalue weighted by atomic mass is 10.7. The molecule has 0 aromatic carbocycles. The van der Waals surface area contributed by atoms with Crippen molar-refractivity contribution in [3.05, 3.63) is 12.7 Å². The molecule has 0 aliphatic carbocycles. The Labute approximate surface area is 65.6 Å². The lowest BCUT2D eigenvalue weighted by Gasteiger charge is -1.99. The topological polar surface area (TPSA) is 47.6 Å². The van der Waals surface area contributed by atoms with Crippen LogP contribution in [0.15, 0.2) is 12.7 Å². The van der Waals surface area contributed by atoms with Gasteiger partial charge in [0.05, 0.1) is 0 Å². The lowest BCUT2D eigenvalue weighted by Crippen LogP contribution is -2.16. The molecule has 0 fully saturated rings. The molecule has 0 saturated carbocycles. The molecule has 0 rings (SSSR count). The van der Waals surface area contributed by atoms with Gasteiger partial charge < -0.3 is 9.57 Å². The van der Waals surface area contributed by atoms with E-state index in [1.165, 1.54) is 13.1 Å². The lowest BCUT2D eigenvalue weighted by molar-refractivity contribution is 0.0308. The zero-order valence-electron chi connectivity index (χ0n) is 5.62. The van der Waals surface area contributed by atoms with Crippen LogP contribution in [0.5, 0.6) is 0 Å². The minimum Gasteiger partial charge on any atom is -0.429 e. The molecule has 0 aliphatic heterocycles. The Morgan fingerprint density at radius 3 is 2.80 bits per heavy atom. The molecule has 0 amide bonds. The summed E-state index contributed by atoms with van der Waals surface area (Å²) in [7, 11) is 1.47. The number of ether oxygens (including phenoxy) is 1. The Bertz CT molecular complexity index is 107. The molecular weight excluding hydrogens is 158 g/mol. The third-order valence-corrected chi connectivity index (χ3v) is 0.504. The number of hydroxylamine groups is 1. The number of halogens is 1. The molecule has 0 spiro atoms. The molecule has 0 saturated heterocycles. The van der Waals surface area contributed by atoms with Gasteiger partial charge in [-0.05, 0) is 0 Å². The minimum atomic E-state index is -0.752. The van der Waals surface area contributed by atoms with E-state index in [1.807, 2.05) is 0 Å². The molecule has 4 nitrogen and oxygen atoms in total. The molecule has 0 unspecified atom stereocenters. The number of nitrogens with one attached hydrogen (secondary N) is 1. The van der Waals surface area contributed by atoms with Crippen LogP contribution in [0, 0.1) is 0 Å². The van der Waals surface area contributed by atoms with Crippen molar-refractivity contribution in [1.29, 1.82) is 0 Å². The highest BCUT2D eigenvalue weighted by Gasteiger charge is 1.97. The summed E-state index contributed by atoms with van der Waals surface area (Å²) in [6, 6.07) is 0. The van der Waals surface area contributed by atoms with E-state index in [1.54, 1.807) is 0 Å². The Morgan fingerprint density at radius 1 is 1.80 bits per heavy atom. The molecule has 5 heteroatoms. The quantitative estimate of drug-likeness (QED) is 0.385. The van der Waals surface area contributed by atoms with E-state index in [9.17, 15) is 4.79 Å². The van der Waals surface area contributed by atoms with E-state index in [0.29, 0.717) is 0 Å². The van der Waals surface area contributed by atoms with Crippen molar-refractivity contribution >= 4 is 18.6 Å². The third kappa shape index (κ3) is 7.26. The maximum Gasteiger partial charge on any atom is 0.528 e. The summed E-state index contributed by atoms with van der Waals surface area (Å²) in [6.07, 6.45) is 0.703. The number of carbonyl (C=O) groups excluding carboxylic acids is 1. The number of hydrogen-bond acceptors (Lipinski definition) is 4. The van der Waals surface area contributed by atoms with Crippen LogP contribution in [0.25, 0.3) is 0 Å². The van der Waals surface area contributed by atoms with Crippen LogP contribution >= 0.6 is 12.4 Å². The average Bonchev–Trinajstić information content (AvgIpc) is 1.85. The highest BCUT2D eigenvalue weighted by Crippen LogP contribution is 1.79. The highest BCUT2D eigenvalue weighted by molar-refractivity contribution is 5.85. The van der Waals surface area contributed by atoms with Gasteiger partial charge in [-0.3, -0.25) is 0 Å². The second-order valence-corrected chi connectivity index (χ2v) is 1.16. The first-order chi connectivity index (χ1) is 4.31. The van der Waals surface area contributed by atoms with Gasteiger partial charge in [-0.15, -0.1) is 12.4 Å². The molecule has 10 heavy (non-hydrogen) atoms. The van der Waals surface area contributed by atoms with Gasteiger partial charge in [0.1, 0.15) is 6.61 Å². The first-order valence-electron chi connectivity index (χ1n) is 2.42. The largest absolute Gasteiger partial charge is 0.528 e. The summed E-state index contributed by atoms with van der Waals surface area (Å²) < 4.78 is 4.39. The Balaban J connectivity index is 0. The zero-order valence-corrected chi connectivity index (χ0v) is 6.44. The van der Waals surface area contributed by atoms with Crippen LogP contribution in [0.1, 0.15) is 0 Å². The first kappa shape index (κ1) is 12.0. The smallest absolute Gasteiger partial charge is 0.429 e. The van der Waals surface area contributed by atoms with E-state index in [0.717, 1.165) is 0 Å². The SMILES string of the molecule is C=CCOC(=O)ONC.Cl. The van der Waals surface area contributed by atoms with Crippen LogP contribution < -0.4 is 5.48 Å². The zero-order chi connectivity index (χ0) is 7.11. The van der Waals surface area contributed by atoms with Crippen LogP contribution in [0.4, 0.5) is 4.79 Å². The first-order valence-corrected chi connectivity index (χ1v) is 2.42. The van der Waals surface area contributed by atoms with Gasteiger partial charge in [-0.25, -0.2) is 4.79 Å². The molecule has 0 aromatic rings. The summed E-state index contributed by atoms with van der Waals surface area (Å²) in [5.74, 6) is 0. The summed E-state index contributed by atoms with van der Waals surface area (Å²) in [4.78, 5) is 14.4. The van der Waals surface area contributed by atoms with Gasteiger partial charge in [0.15, 0.2) is 0 Å². The maximum absolute atomic E-state index is 10.2. The Morgan fingerprint density at radius 2 is 2.40 bits per heavy atom. The maximum atomic E-state index is 10.2. The highest BCUT2D eigenvalue weighted by atomic mass is 35.5. The van der Waals surface area contributed by atoms with Crippen molar-refractivity contribution in [3.8, 4) is 0 Å². The predicted molar refractivity (Wildman–Crippen MR) is 38.9 cm³/mol. The van der Waals surface area contributed by atoms with Gasteiger partial charge in [-0.1, -0.05) is 12.7 Å². The fourth-order valence-corrected chi connectivity index (χ4v) is 0.240. The average molecular weight is 168 g/mol. The molecule has 0 bridgehead atoms. The summed E-state index contributed by atoms with van der Waals surface area (Å²) in [5.41, 5.74) is 2.17. The molecule has 0 aliphatic rings. The van der Waals surface area contributed by atoms with E-state index in [2.05, 4.69) is 21.6 Å². The van der Waals surface area contributed by atoms with E-state index < -0.39 is 6.16 Å². The van der Waals surface area contributed by atoms with Gasteiger partial charge >= 0.3 is 6.16 Å². The van der Waals surface area contributed by atoms with E-state index in [4.69, 9.17) is 0 Å². The van der Waals surface area contributed by atoms with Crippen molar-refractivity contribution < 1.29 is 14.4 Å². The Kier molecular flexibility index (Phi) is 9.90. The standard InChI is InChI=1S/C5H9NO3.ClH/c1-3-4-8-5(7)9-6-2;/h3,6H,1,4H2,2H3;1H. The van der Waals surface area contributed by atoms with Gasteiger partial charge in [-0.2, -0.15) is 5.48 Å². The second-order valence-electron chi connectivity index (χ2n) is 1.16. The van der Waals surface area contributed by atoms with Crippen molar-refractivity contribution in [2.24, 2.45) is 0 Å². The van der Waals surface area contributed by atoms with Crippen molar-refractivity contribution in [2.75, 3.05) is 13.7 Å². The molecule has 0 aromatic heterocycles. The van der Waals surface area contributed by atoms with Crippen LogP contribution in [0.3, 0.4) is 0 Å². The fourth-order valence-electron chi connectivity index (χ4n) is 0.240. The van der Waals surface area contributed by atoms with Crippen molar-refractivity contribution in [3.63, 3.8) is 0 Å². The molecular formula is C5H10ClNO3. The molecule has 0 atom stereocenters. The van der Waals surface area contributed by atoms with Gasteiger partial charge in [0.2, 0.25) is 0 Å². The normalized spacial score (nSPS) is 7.30. The van der Waals surface area contributed by atoms with Crippen molar-refractivity contribution in [1.82, 2.24) is 5.48 Å². The predicted octanol–water partition coefficient (Wildman–Crippen LogP) is 0.882. The van der Waals surface area contributed by atoms with Crippen molar-refractivity contribution in [2.45, 2.75) is 0 Å². The van der Waals surface area contributed by atoms with Gasteiger partial charge in [0.25, 0.3) is 0 Å². The Hall–Kier alpha value is -0.740. The number of carbonyl (C=O) groups is 1. The summed E-state index contributed by atoms with van der Waals surface area (Å²) in [5, 5.41) is 0. The second kappa shape index (κ2) is 8.26. The van der Waals surface area contributed by atoms with Crippen LogP contribution in [-0.2, 0) is 9.57 Å². The summed E-state index contributed by atoms with van der Waals surface area (Å²) in [6.45, 7) is 3.51. The van der Waals surface area contributed by atoms with Gasteiger partial charge in [0, 0.05) is 7.05 Å². The fraction of sp³-hybridized carbons (Fsp3) is 0.400. The monoisotopic (exact) mass is 167 g/mol. The molecule has 0 radical (unpaired) electrons. The molecule has 0 heterocycles. The summed E-state index contributed by atoms with van der Waals surface area (Å²) >= 11 is 0. The number of rotatable bonds is 3. The molecule has 1 N–H and O–H groups in total. The number of hydrogen-bond donors (Lipinski definition) is 1.